The Balaban J connectivity index is 1.32. The van der Waals surface area contributed by atoms with E-state index in [0.717, 1.165) is 9.80 Å². The summed E-state index contributed by atoms with van der Waals surface area (Å²) in [7, 11) is 4.15. The highest BCUT2D eigenvalue weighted by molar-refractivity contribution is 6.06. The highest BCUT2D eigenvalue weighted by Gasteiger charge is 2.48. The molecule has 0 radical (unpaired) electrons. The quantitative estimate of drug-likeness (QED) is 0.0451. The number of esters is 2. The molecule has 2 aromatic carbocycles. The number of aliphatic hydroxyl groups is 1. The summed E-state index contributed by atoms with van der Waals surface area (Å²) in [5, 5.41) is 34.9. The molecular weight excluding hydrogens is 1380 g/mol. The van der Waals surface area contributed by atoms with Gasteiger partial charge in [-0.1, -0.05) is 104 Å². The zero-order chi connectivity index (χ0) is 78.7. The van der Waals surface area contributed by atoms with Crippen molar-refractivity contribution in [3.05, 3.63) is 65.7 Å². The first kappa shape index (κ1) is 85.4. The number of amides is 11. The van der Waals surface area contributed by atoms with Gasteiger partial charge in [0.2, 0.25) is 59.1 Å². The molecule has 4 aliphatic heterocycles. The van der Waals surface area contributed by atoms with Crippen LogP contribution < -0.4 is 31.3 Å². The molecule has 11 amide bonds. The minimum absolute atomic E-state index is 0.00829. The maximum absolute atomic E-state index is 15.3. The van der Waals surface area contributed by atoms with E-state index in [4.69, 9.17) is 18.9 Å². The van der Waals surface area contributed by atoms with Gasteiger partial charge in [0.1, 0.15) is 72.8 Å². The molecule has 4 aliphatic rings. The van der Waals surface area contributed by atoms with Gasteiger partial charge < -0.3 is 75.3 Å². The number of Topliss-reactive ketones (excluding diaryl/α,β-unsaturated/α-hetero) is 1. The highest BCUT2D eigenvalue weighted by Crippen LogP contribution is 2.29. The number of cyclic esters (lactones) is 2. The second-order valence-corrected chi connectivity index (χ2v) is 29.4. The molecule has 0 unspecified atom stereocenters. The van der Waals surface area contributed by atoms with Gasteiger partial charge in [0.05, 0.1) is 31.6 Å². The van der Waals surface area contributed by atoms with Crippen molar-refractivity contribution >= 4 is 88.9 Å². The maximum Gasteiger partial charge on any atom is 0.417 e. The number of ether oxygens (including phenoxy) is 4. The average molecular weight is 1490 g/mol. The summed E-state index contributed by atoms with van der Waals surface area (Å²) in [5.41, 5.74) is 1.12. The predicted molar refractivity (Wildman–Crippen MR) is 381 cm³/mol. The van der Waals surface area contributed by atoms with E-state index in [1.54, 1.807) is 96.1 Å². The van der Waals surface area contributed by atoms with Gasteiger partial charge in [-0.15, -0.1) is 0 Å². The fourth-order valence-corrected chi connectivity index (χ4v) is 13.7. The molecule has 106 heavy (non-hydrogen) atoms. The number of aliphatic carboxylic acids is 1. The summed E-state index contributed by atoms with van der Waals surface area (Å²) in [5.74, 6) is -15.5. The van der Waals surface area contributed by atoms with Gasteiger partial charge in [-0.05, 0) is 119 Å². The van der Waals surface area contributed by atoms with E-state index in [-0.39, 0.29) is 89.3 Å². The number of fused-ring (bicyclic) bond motifs is 1. The predicted octanol–water partition coefficient (Wildman–Crippen LogP) is 3.12. The van der Waals surface area contributed by atoms with Crippen molar-refractivity contribution < 1.29 is 101 Å². The van der Waals surface area contributed by atoms with Crippen molar-refractivity contribution in [2.75, 3.05) is 34.3 Å². The van der Waals surface area contributed by atoms with Gasteiger partial charge in [-0.3, -0.25) is 62.3 Å². The minimum Gasteiger partial charge on any atom is -0.497 e. The molecule has 0 bridgehead atoms. The van der Waals surface area contributed by atoms with Crippen molar-refractivity contribution in [3.63, 3.8) is 0 Å². The third kappa shape index (κ3) is 22.5. The molecular formula is C75H108N10O21. The van der Waals surface area contributed by atoms with Crippen LogP contribution in [0, 0.1) is 29.6 Å². The number of ketones is 1. The number of hydrogen-bond acceptors (Lipinski definition) is 20. The van der Waals surface area contributed by atoms with Crippen LogP contribution in [0.2, 0.25) is 0 Å². The summed E-state index contributed by atoms with van der Waals surface area (Å²) in [4.78, 5) is 219. The second kappa shape index (κ2) is 39.2. The summed E-state index contributed by atoms with van der Waals surface area (Å²) in [6.07, 6.45) is -7.35. The average Bonchev–Trinajstić information content (AvgIpc) is 1.57. The lowest BCUT2D eigenvalue weighted by molar-refractivity contribution is -0.163. The van der Waals surface area contributed by atoms with Gasteiger partial charge in [-0.2, -0.15) is 0 Å². The highest BCUT2D eigenvalue weighted by atomic mass is 16.6. The number of carboxylic acids is 1. The number of rotatable bonds is 24. The lowest BCUT2D eigenvalue weighted by atomic mass is 9.91. The van der Waals surface area contributed by atoms with Gasteiger partial charge >= 0.3 is 24.0 Å². The van der Waals surface area contributed by atoms with E-state index in [0.29, 0.717) is 28.2 Å². The van der Waals surface area contributed by atoms with Gasteiger partial charge in [0, 0.05) is 46.4 Å². The van der Waals surface area contributed by atoms with E-state index in [1.165, 1.54) is 51.8 Å². The maximum atomic E-state index is 15.3. The van der Waals surface area contributed by atoms with Crippen molar-refractivity contribution in [2.45, 2.75) is 245 Å². The first-order valence-corrected chi connectivity index (χ1v) is 36.6. The van der Waals surface area contributed by atoms with Crippen LogP contribution in [0.1, 0.15) is 164 Å². The zero-order valence-corrected chi connectivity index (χ0v) is 63.3. The number of nitrogens with one attached hydrogen (secondary N) is 5. The van der Waals surface area contributed by atoms with E-state index in [2.05, 4.69) is 26.6 Å². The fraction of sp³-hybridized carbons (Fsp3) is 0.640. The number of likely N-dealkylation sites (tertiary alicyclic amines) is 2. The molecule has 0 aliphatic carbocycles. The van der Waals surface area contributed by atoms with Crippen LogP contribution >= 0.6 is 0 Å². The number of carbonyl (C=O) groups excluding carboxylic acids is 14. The zero-order valence-electron chi connectivity index (χ0n) is 63.3. The molecule has 4 fully saturated rings. The number of methoxy groups -OCH3 is 1. The summed E-state index contributed by atoms with van der Waals surface area (Å²) < 4.78 is 22.7. The van der Waals surface area contributed by atoms with E-state index < -0.39 is 205 Å². The van der Waals surface area contributed by atoms with E-state index >= 15 is 24.0 Å². The van der Waals surface area contributed by atoms with Crippen molar-refractivity contribution in [1.82, 2.24) is 51.1 Å². The van der Waals surface area contributed by atoms with Gasteiger partial charge in [0.15, 0.2) is 11.9 Å². The van der Waals surface area contributed by atoms with Crippen LogP contribution in [-0.4, -0.2) is 237 Å². The van der Waals surface area contributed by atoms with Crippen LogP contribution in [0.3, 0.4) is 0 Å². The van der Waals surface area contributed by atoms with Crippen LogP contribution in [-0.2, 0) is 94.4 Å². The molecule has 0 spiro atoms. The largest absolute Gasteiger partial charge is 0.497 e. The van der Waals surface area contributed by atoms with Gasteiger partial charge in [-0.25, -0.2) is 14.5 Å². The van der Waals surface area contributed by atoms with Gasteiger partial charge in [0.25, 0.3) is 0 Å². The first-order valence-electron chi connectivity index (χ1n) is 36.6. The van der Waals surface area contributed by atoms with E-state index in [1.807, 2.05) is 13.8 Å². The number of likely N-dealkylation sites (N-methyl/N-ethyl adjacent to an activating group) is 2. The van der Waals surface area contributed by atoms with Crippen LogP contribution in [0.15, 0.2) is 54.6 Å². The third-order valence-corrected chi connectivity index (χ3v) is 20.0. The smallest absolute Gasteiger partial charge is 0.417 e. The number of nitrogens with zero attached hydrogens (tertiary/aromatic N) is 5. The Morgan fingerprint density at radius 1 is 0.764 bits per heavy atom. The Morgan fingerprint density at radius 2 is 1.42 bits per heavy atom. The van der Waals surface area contributed by atoms with Crippen LogP contribution in [0.5, 0.6) is 5.75 Å². The lowest BCUT2D eigenvalue weighted by Crippen LogP contribution is -2.62. The van der Waals surface area contributed by atoms with Crippen LogP contribution in [0.4, 0.5) is 4.79 Å². The van der Waals surface area contributed by atoms with Crippen molar-refractivity contribution in [1.29, 1.82) is 0 Å². The first-order chi connectivity index (χ1) is 50.0. The fourth-order valence-electron chi connectivity index (χ4n) is 13.7. The van der Waals surface area contributed by atoms with Crippen LogP contribution in [0.25, 0.3) is 0 Å². The molecule has 7 N–H and O–H groups in total. The lowest BCUT2D eigenvalue weighted by Gasteiger charge is -2.36. The molecule has 15 atom stereocenters. The number of imide groups is 1. The normalized spacial score (nSPS) is 25.2. The SMILES string of the molecule is CC[C@H](C)[C@H]1NC(=O)[C@@H](NC(=O)[C@@H](CC(C)C)N(C)C(=O)[C@@H]2CCCN2C(=O)[C@H](C)NC(=O)[C@H](CCC(=O)O)NC(=O)[C@@H]2CCC(=O)N2C(=O)OCc2ccccc2)[C@H](C)OC(=O)[C@H](Cc2ccc(OC)cc2)N(C)C(=O)[C@@H]2CCCN2C(=O)[C@@H](CC(C)C)NC(=O)[C@@H](C)C(=O)[C@@H](C(C)C)OC(=O)C[C@H]1O. The summed E-state index contributed by atoms with van der Waals surface area (Å²) in [6, 6.07) is 0.905. The Hall–Kier alpha value is -9.55. The Kier molecular flexibility index (Phi) is 31.5. The molecule has 0 saturated carbocycles. The minimum atomic E-state index is -1.89. The molecule has 0 aromatic heterocycles. The standard InChI is InChI=1S/C75H108N10O21/c1-15-43(8)61-57(86)38-60(90)106-64(42(6)7)63(91)44(9)65(92)78-51(35-40(2)3)71(98)84-34-20-24-54(84)73(100)82(13)56(37-47-25-27-49(103-14)28-26-47)74(101)105-46(11)62(69(96)79-61)80-68(95)55(36-41(4)5)81(12)72(99)53-23-19-33-83(53)70(97)45(10)76-66(93)50(29-32-59(88)89)77-67(94)52-30-31-58(87)85(52)75(102)104-39-48-21-17-16-18-22-48/h16-18,21-22,25-28,40-46,50-57,61-62,64,86H,15,19-20,23-24,29-39H2,1-14H3,(H,76,93)(H,77,94)(H,78,92)(H,79,96)(H,80,95)(H,88,89)/t43-,44-,45-,46-,50-,51+,52-,53-,54-,55+,56-,57+,61+,62-,64+/m0/s1. The number of carbonyl (C=O) groups is 15. The molecule has 584 valence electrons. The van der Waals surface area contributed by atoms with Crippen molar-refractivity contribution in [3.8, 4) is 5.75 Å². The van der Waals surface area contributed by atoms with E-state index in [9.17, 15) is 58.2 Å². The molecule has 31 heteroatoms. The number of carboxylic acid groups (broad SMARTS) is 1. The number of benzene rings is 2. The van der Waals surface area contributed by atoms with Crippen molar-refractivity contribution in [2.24, 2.45) is 29.6 Å². The number of hydrogen-bond donors (Lipinski definition) is 7. The Labute approximate surface area is 618 Å². The monoisotopic (exact) mass is 1480 g/mol. The second-order valence-electron chi connectivity index (χ2n) is 29.4. The molecule has 6 rings (SSSR count). The Morgan fingerprint density at radius 3 is 2.04 bits per heavy atom. The summed E-state index contributed by atoms with van der Waals surface area (Å²) >= 11 is 0. The molecule has 2 aromatic rings. The third-order valence-electron chi connectivity index (χ3n) is 20.0. The Bertz CT molecular complexity index is 3500. The number of aliphatic hydroxyl groups excluding tert-OH is 1. The molecule has 4 heterocycles. The summed E-state index contributed by atoms with van der Waals surface area (Å²) in [6.45, 7) is 17.5. The molecule has 31 nitrogen and oxygen atoms in total. The molecule has 4 saturated heterocycles. The topological polar surface area (TPSA) is 410 Å².